The standard InChI is InChI=1S/C11H18N2O2S/c1-12-11(4-3-9-16(2,14)15)10-5-7-13-8-6-10/h5-8,11-12H,3-4,9H2,1-2H3. The minimum atomic E-state index is -2.85. The Morgan fingerprint density at radius 2 is 2.00 bits per heavy atom. The van der Waals surface area contributed by atoms with Gasteiger partial charge in [-0.05, 0) is 37.6 Å². The van der Waals surface area contributed by atoms with E-state index in [4.69, 9.17) is 0 Å². The Morgan fingerprint density at radius 1 is 1.38 bits per heavy atom. The first kappa shape index (κ1) is 13.1. The van der Waals surface area contributed by atoms with E-state index in [0.717, 1.165) is 12.0 Å². The van der Waals surface area contributed by atoms with Gasteiger partial charge in [0.05, 0.1) is 0 Å². The minimum absolute atomic E-state index is 0.199. The smallest absolute Gasteiger partial charge is 0.147 e. The normalized spacial score (nSPS) is 13.6. The van der Waals surface area contributed by atoms with E-state index in [1.165, 1.54) is 6.26 Å². The van der Waals surface area contributed by atoms with Crippen LogP contribution in [0.4, 0.5) is 0 Å². The lowest BCUT2D eigenvalue weighted by molar-refractivity contribution is 0.536. The van der Waals surface area contributed by atoms with Crippen LogP contribution >= 0.6 is 0 Å². The molecule has 0 saturated carbocycles. The molecule has 0 fully saturated rings. The van der Waals surface area contributed by atoms with Crippen molar-refractivity contribution in [2.75, 3.05) is 19.1 Å². The molecule has 1 atom stereocenters. The molecular weight excluding hydrogens is 224 g/mol. The number of hydrogen-bond acceptors (Lipinski definition) is 4. The van der Waals surface area contributed by atoms with E-state index in [1.807, 2.05) is 19.2 Å². The zero-order valence-electron chi connectivity index (χ0n) is 9.68. The Labute approximate surface area is 97.0 Å². The van der Waals surface area contributed by atoms with Gasteiger partial charge in [0.25, 0.3) is 0 Å². The molecule has 1 unspecified atom stereocenters. The van der Waals surface area contributed by atoms with Gasteiger partial charge in [0, 0.05) is 30.4 Å². The topological polar surface area (TPSA) is 59.1 Å². The lowest BCUT2D eigenvalue weighted by atomic mass is 10.0. The molecule has 1 N–H and O–H groups in total. The van der Waals surface area contributed by atoms with Crippen LogP contribution in [0.2, 0.25) is 0 Å². The van der Waals surface area contributed by atoms with Crippen molar-refractivity contribution in [3.8, 4) is 0 Å². The molecule has 0 bridgehead atoms. The molecule has 0 aliphatic heterocycles. The Hall–Kier alpha value is -0.940. The van der Waals surface area contributed by atoms with E-state index >= 15 is 0 Å². The molecule has 0 saturated heterocycles. The van der Waals surface area contributed by atoms with Gasteiger partial charge in [0.15, 0.2) is 0 Å². The Balaban J connectivity index is 2.51. The van der Waals surface area contributed by atoms with Crippen molar-refractivity contribution >= 4 is 9.84 Å². The van der Waals surface area contributed by atoms with Crippen molar-refractivity contribution in [2.24, 2.45) is 0 Å². The lowest BCUT2D eigenvalue weighted by Gasteiger charge is -2.15. The van der Waals surface area contributed by atoms with Crippen LogP contribution in [0.1, 0.15) is 24.4 Å². The maximum Gasteiger partial charge on any atom is 0.147 e. The van der Waals surface area contributed by atoms with E-state index in [0.29, 0.717) is 6.42 Å². The highest BCUT2D eigenvalue weighted by Gasteiger charge is 2.10. The van der Waals surface area contributed by atoms with Crippen LogP contribution in [0.15, 0.2) is 24.5 Å². The van der Waals surface area contributed by atoms with Crippen LogP contribution in [0, 0.1) is 0 Å². The monoisotopic (exact) mass is 242 g/mol. The first-order valence-corrected chi connectivity index (χ1v) is 7.34. The highest BCUT2D eigenvalue weighted by Crippen LogP contribution is 2.17. The Morgan fingerprint density at radius 3 is 2.50 bits per heavy atom. The van der Waals surface area contributed by atoms with Crippen LogP contribution in [-0.2, 0) is 9.84 Å². The van der Waals surface area contributed by atoms with Gasteiger partial charge in [-0.2, -0.15) is 0 Å². The molecule has 0 aliphatic carbocycles. The number of rotatable bonds is 6. The Kier molecular flexibility index (Phi) is 4.89. The van der Waals surface area contributed by atoms with Gasteiger partial charge < -0.3 is 5.32 Å². The fraction of sp³-hybridized carbons (Fsp3) is 0.545. The molecular formula is C11H18N2O2S. The molecule has 0 spiro atoms. The second-order valence-corrected chi connectivity index (χ2v) is 6.15. The molecule has 0 aliphatic rings. The van der Waals surface area contributed by atoms with Crippen molar-refractivity contribution in [3.63, 3.8) is 0 Å². The summed E-state index contributed by atoms with van der Waals surface area (Å²) in [4.78, 5) is 3.96. The summed E-state index contributed by atoms with van der Waals surface area (Å²) < 4.78 is 22.0. The van der Waals surface area contributed by atoms with Gasteiger partial charge >= 0.3 is 0 Å². The van der Waals surface area contributed by atoms with Crippen molar-refractivity contribution in [1.82, 2.24) is 10.3 Å². The first-order valence-electron chi connectivity index (χ1n) is 5.28. The zero-order chi connectivity index (χ0) is 12.0. The first-order chi connectivity index (χ1) is 7.53. The second-order valence-electron chi connectivity index (χ2n) is 3.89. The third-order valence-electron chi connectivity index (χ3n) is 2.46. The quantitative estimate of drug-likeness (QED) is 0.813. The predicted molar refractivity (Wildman–Crippen MR) is 65.0 cm³/mol. The minimum Gasteiger partial charge on any atom is -0.313 e. The van der Waals surface area contributed by atoms with E-state index in [2.05, 4.69) is 10.3 Å². The zero-order valence-corrected chi connectivity index (χ0v) is 10.5. The molecule has 16 heavy (non-hydrogen) atoms. The van der Waals surface area contributed by atoms with Crippen LogP contribution < -0.4 is 5.32 Å². The average molecular weight is 242 g/mol. The van der Waals surface area contributed by atoms with Crippen molar-refractivity contribution in [1.29, 1.82) is 0 Å². The summed E-state index contributed by atoms with van der Waals surface area (Å²) in [5, 5.41) is 3.18. The summed E-state index contributed by atoms with van der Waals surface area (Å²) in [6.45, 7) is 0. The molecule has 90 valence electrons. The number of pyridine rings is 1. The highest BCUT2D eigenvalue weighted by molar-refractivity contribution is 7.90. The number of sulfone groups is 1. The fourth-order valence-electron chi connectivity index (χ4n) is 1.62. The summed E-state index contributed by atoms with van der Waals surface area (Å²) in [6.07, 6.45) is 6.25. The van der Waals surface area contributed by atoms with Crippen LogP contribution in [0.3, 0.4) is 0 Å². The summed E-state index contributed by atoms with van der Waals surface area (Å²) >= 11 is 0. The third-order valence-corrected chi connectivity index (χ3v) is 3.50. The average Bonchev–Trinajstić information content (AvgIpc) is 2.24. The molecule has 4 nitrogen and oxygen atoms in total. The van der Waals surface area contributed by atoms with Gasteiger partial charge in [-0.1, -0.05) is 0 Å². The highest BCUT2D eigenvalue weighted by atomic mass is 32.2. The summed E-state index contributed by atoms with van der Waals surface area (Å²) in [5.74, 6) is 0.246. The predicted octanol–water partition coefficient (Wildman–Crippen LogP) is 1.17. The van der Waals surface area contributed by atoms with E-state index in [-0.39, 0.29) is 11.8 Å². The van der Waals surface area contributed by atoms with Gasteiger partial charge in [-0.25, -0.2) is 8.42 Å². The van der Waals surface area contributed by atoms with Crippen LogP contribution in [0.25, 0.3) is 0 Å². The molecule has 0 aromatic carbocycles. The van der Waals surface area contributed by atoms with E-state index in [9.17, 15) is 8.42 Å². The molecule has 1 rings (SSSR count). The van der Waals surface area contributed by atoms with Gasteiger partial charge in [0.1, 0.15) is 9.84 Å². The number of nitrogens with one attached hydrogen (secondary N) is 1. The molecule has 1 aromatic rings. The van der Waals surface area contributed by atoms with Crippen molar-refractivity contribution in [2.45, 2.75) is 18.9 Å². The largest absolute Gasteiger partial charge is 0.313 e. The molecule has 1 aromatic heterocycles. The van der Waals surface area contributed by atoms with Crippen molar-refractivity contribution in [3.05, 3.63) is 30.1 Å². The SMILES string of the molecule is CNC(CCCS(C)(=O)=O)c1ccncc1. The molecule has 1 heterocycles. The third kappa shape index (κ3) is 4.72. The van der Waals surface area contributed by atoms with Gasteiger partial charge in [-0.3, -0.25) is 4.98 Å². The molecule has 0 radical (unpaired) electrons. The van der Waals surface area contributed by atoms with Crippen LogP contribution in [-0.4, -0.2) is 32.5 Å². The van der Waals surface area contributed by atoms with Crippen LogP contribution in [0.5, 0.6) is 0 Å². The van der Waals surface area contributed by atoms with Gasteiger partial charge in [-0.15, -0.1) is 0 Å². The Bertz CT molecular complexity index is 403. The fourth-order valence-corrected chi connectivity index (χ4v) is 2.31. The maximum absolute atomic E-state index is 11.0. The molecule has 5 heteroatoms. The van der Waals surface area contributed by atoms with Gasteiger partial charge in [0.2, 0.25) is 0 Å². The van der Waals surface area contributed by atoms with E-state index < -0.39 is 9.84 Å². The summed E-state index contributed by atoms with van der Waals surface area (Å²) in [6, 6.07) is 4.09. The summed E-state index contributed by atoms with van der Waals surface area (Å²) in [5.41, 5.74) is 1.14. The number of aromatic nitrogens is 1. The summed E-state index contributed by atoms with van der Waals surface area (Å²) in [7, 11) is -0.970. The number of nitrogens with zero attached hydrogens (tertiary/aromatic N) is 1. The maximum atomic E-state index is 11.0. The van der Waals surface area contributed by atoms with E-state index in [1.54, 1.807) is 12.4 Å². The molecule has 0 amide bonds. The lowest BCUT2D eigenvalue weighted by Crippen LogP contribution is -2.17. The second kappa shape index (κ2) is 5.96. The number of hydrogen-bond donors (Lipinski definition) is 1. The van der Waals surface area contributed by atoms with Crippen molar-refractivity contribution < 1.29 is 8.42 Å².